The molecule has 2 rings (SSSR count). The smallest absolute Gasteiger partial charge is 0.311 e. The Morgan fingerprint density at radius 3 is 3.20 bits per heavy atom. The van der Waals surface area contributed by atoms with E-state index in [0.717, 1.165) is 0 Å². The first-order chi connectivity index (χ1) is 7.20. The number of fused-ring (bicyclic) bond motifs is 1. The second-order valence-electron chi connectivity index (χ2n) is 2.79. The zero-order chi connectivity index (χ0) is 10.8. The van der Waals surface area contributed by atoms with Crippen molar-refractivity contribution in [1.29, 1.82) is 0 Å². The number of aromatic nitrogens is 4. The largest absolute Gasteiger partial charge is 0.469 e. The van der Waals surface area contributed by atoms with Crippen molar-refractivity contribution in [2.75, 3.05) is 7.11 Å². The topological polar surface area (TPSA) is 69.4 Å². The van der Waals surface area contributed by atoms with E-state index in [9.17, 15) is 4.79 Å². The molecule has 6 nitrogen and oxygen atoms in total. The lowest BCUT2D eigenvalue weighted by molar-refractivity contribution is -0.139. The first kappa shape index (κ1) is 9.85. The zero-order valence-corrected chi connectivity index (χ0v) is 8.60. The maximum Gasteiger partial charge on any atom is 0.311 e. The summed E-state index contributed by atoms with van der Waals surface area (Å²) in [5, 5.41) is 4.21. The van der Waals surface area contributed by atoms with Crippen molar-refractivity contribution in [2.45, 2.75) is 6.42 Å². The molecule has 78 valence electrons. The van der Waals surface area contributed by atoms with Gasteiger partial charge >= 0.3 is 5.97 Å². The third-order valence-corrected chi connectivity index (χ3v) is 2.08. The number of esters is 1. The average molecular weight is 227 g/mol. The van der Waals surface area contributed by atoms with Crippen molar-refractivity contribution < 1.29 is 9.53 Å². The Kier molecular flexibility index (Phi) is 2.51. The number of halogens is 1. The van der Waals surface area contributed by atoms with E-state index in [0.29, 0.717) is 16.6 Å². The van der Waals surface area contributed by atoms with Crippen LogP contribution in [0, 0.1) is 0 Å². The van der Waals surface area contributed by atoms with Crippen molar-refractivity contribution in [2.24, 2.45) is 0 Å². The molecule has 0 fully saturated rings. The number of hydrogen-bond acceptors (Lipinski definition) is 5. The van der Waals surface area contributed by atoms with Crippen LogP contribution >= 0.6 is 11.6 Å². The van der Waals surface area contributed by atoms with E-state index >= 15 is 0 Å². The summed E-state index contributed by atoms with van der Waals surface area (Å²) in [5.41, 5.74) is 0.507. The Morgan fingerprint density at radius 2 is 2.47 bits per heavy atom. The molecule has 0 amide bonds. The predicted molar refractivity (Wildman–Crippen MR) is 51.5 cm³/mol. The standard InChI is InChI=1S/C8H7ClN4O2/c1-15-7(14)3-5-2-6(9)13-8(12-5)10-4-11-13/h2,4H,3H2,1H3. The molecule has 0 N–H and O–H groups in total. The molecule has 2 aromatic heterocycles. The molecule has 7 heteroatoms. The summed E-state index contributed by atoms with van der Waals surface area (Å²) in [6, 6.07) is 1.56. The molecule has 2 aromatic rings. The molecule has 0 aliphatic heterocycles. The normalized spacial score (nSPS) is 10.5. The first-order valence-electron chi connectivity index (χ1n) is 4.12. The fraction of sp³-hybridized carbons (Fsp3) is 0.250. The minimum Gasteiger partial charge on any atom is -0.469 e. The molecule has 0 radical (unpaired) electrons. The van der Waals surface area contributed by atoms with Gasteiger partial charge in [0.1, 0.15) is 11.5 Å². The average Bonchev–Trinajstić information content (AvgIpc) is 2.66. The molecule has 0 saturated heterocycles. The van der Waals surface area contributed by atoms with Gasteiger partial charge in [0.2, 0.25) is 0 Å². The number of ether oxygens (including phenoxy) is 1. The minimum absolute atomic E-state index is 0.0690. The monoisotopic (exact) mass is 226 g/mol. The summed E-state index contributed by atoms with van der Waals surface area (Å²) in [7, 11) is 1.32. The number of carbonyl (C=O) groups is 1. The van der Waals surface area contributed by atoms with Crippen molar-refractivity contribution in [1.82, 2.24) is 19.6 Å². The Hall–Kier alpha value is -1.69. The molecule has 0 spiro atoms. The highest BCUT2D eigenvalue weighted by molar-refractivity contribution is 6.29. The van der Waals surface area contributed by atoms with Gasteiger partial charge in [-0.2, -0.15) is 14.6 Å². The van der Waals surface area contributed by atoms with Gasteiger partial charge in [0.25, 0.3) is 5.78 Å². The summed E-state index contributed by atoms with van der Waals surface area (Å²) in [5.74, 6) is -0.0103. The lowest BCUT2D eigenvalue weighted by atomic mass is 10.3. The number of nitrogens with zero attached hydrogens (tertiary/aromatic N) is 4. The van der Waals surface area contributed by atoms with Crippen LogP contribution in [0.15, 0.2) is 12.4 Å². The molecule has 0 aromatic carbocycles. The Balaban J connectivity index is 2.40. The number of hydrogen-bond donors (Lipinski definition) is 0. The van der Waals surface area contributed by atoms with E-state index in [1.54, 1.807) is 6.07 Å². The highest BCUT2D eigenvalue weighted by Gasteiger charge is 2.09. The van der Waals surface area contributed by atoms with Crippen LogP contribution in [0.3, 0.4) is 0 Å². The third-order valence-electron chi connectivity index (χ3n) is 1.81. The van der Waals surface area contributed by atoms with Crippen molar-refractivity contribution in [3.05, 3.63) is 23.2 Å². The van der Waals surface area contributed by atoms with Crippen LogP contribution in [0.25, 0.3) is 5.78 Å². The van der Waals surface area contributed by atoms with E-state index in [1.807, 2.05) is 0 Å². The van der Waals surface area contributed by atoms with Gasteiger partial charge in [0, 0.05) is 0 Å². The summed E-state index contributed by atoms with van der Waals surface area (Å²) in [4.78, 5) is 19.0. The van der Waals surface area contributed by atoms with Gasteiger partial charge in [-0.25, -0.2) is 4.98 Å². The molecular weight excluding hydrogens is 220 g/mol. The van der Waals surface area contributed by atoms with Crippen molar-refractivity contribution >= 4 is 23.3 Å². The summed E-state index contributed by atoms with van der Waals surface area (Å²) in [6.07, 6.45) is 1.41. The number of methoxy groups -OCH3 is 1. The quantitative estimate of drug-likeness (QED) is 0.551. The van der Waals surface area contributed by atoms with Gasteiger partial charge in [0.05, 0.1) is 19.2 Å². The Labute approximate surface area is 89.9 Å². The molecular formula is C8H7ClN4O2. The van der Waals surface area contributed by atoms with Gasteiger partial charge < -0.3 is 4.74 Å². The maximum absolute atomic E-state index is 11.0. The van der Waals surface area contributed by atoms with Gasteiger partial charge in [-0.3, -0.25) is 4.79 Å². The molecule has 0 aliphatic carbocycles. The molecule has 0 bridgehead atoms. The molecule has 0 saturated carbocycles. The molecule has 0 atom stereocenters. The van der Waals surface area contributed by atoms with Crippen molar-refractivity contribution in [3.63, 3.8) is 0 Å². The maximum atomic E-state index is 11.0. The van der Waals surface area contributed by atoms with E-state index in [-0.39, 0.29) is 12.4 Å². The summed E-state index contributed by atoms with van der Waals surface area (Å²) >= 11 is 5.90. The van der Waals surface area contributed by atoms with E-state index in [4.69, 9.17) is 11.6 Å². The van der Waals surface area contributed by atoms with Crippen LogP contribution < -0.4 is 0 Å². The van der Waals surface area contributed by atoms with Crippen molar-refractivity contribution in [3.8, 4) is 0 Å². The van der Waals surface area contributed by atoms with Gasteiger partial charge in [0.15, 0.2) is 0 Å². The molecule has 0 unspecified atom stereocenters. The highest BCUT2D eigenvalue weighted by atomic mass is 35.5. The zero-order valence-electron chi connectivity index (χ0n) is 7.85. The summed E-state index contributed by atoms with van der Waals surface area (Å²) < 4.78 is 5.90. The lowest BCUT2D eigenvalue weighted by Crippen LogP contribution is -2.07. The van der Waals surface area contributed by atoms with E-state index < -0.39 is 0 Å². The Bertz CT molecular complexity index is 510. The fourth-order valence-electron chi connectivity index (χ4n) is 1.13. The van der Waals surface area contributed by atoms with Gasteiger partial charge in [-0.05, 0) is 6.07 Å². The second kappa shape index (κ2) is 3.82. The first-order valence-corrected chi connectivity index (χ1v) is 4.50. The van der Waals surface area contributed by atoms with Crippen LogP contribution in [-0.4, -0.2) is 32.7 Å². The number of carbonyl (C=O) groups excluding carboxylic acids is 1. The molecule has 0 aliphatic rings. The van der Waals surface area contributed by atoms with Gasteiger partial charge in [-0.1, -0.05) is 11.6 Å². The Morgan fingerprint density at radius 1 is 1.67 bits per heavy atom. The minimum atomic E-state index is -0.373. The third kappa shape index (κ3) is 1.89. The van der Waals surface area contributed by atoms with Gasteiger partial charge in [-0.15, -0.1) is 0 Å². The van der Waals surface area contributed by atoms with Crippen LogP contribution in [0.5, 0.6) is 0 Å². The summed E-state index contributed by atoms with van der Waals surface area (Å²) in [6.45, 7) is 0. The predicted octanol–water partition coefficient (Wildman–Crippen LogP) is 0.493. The van der Waals surface area contributed by atoms with Crippen LogP contribution in [-0.2, 0) is 16.0 Å². The highest BCUT2D eigenvalue weighted by Crippen LogP contribution is 2.11. The van der Waals surface area contributed by atoms with E-state index in [1.165, 1.54) is 18.0 Å². The van der Waals surface area contributed by atoms with Crippen LogP contribution in [0.1, 0.15) is 5.69 Å². The fourth-order valence-corrected chi connectivity index (χ4v) is 1.38. The van der Waals surface area contributed by atoms with Crippen LogP contribution in [0.4, 0.5) is 0 Å². The van der Waals surface area contributed by atoms with E-state index in [2.05, 4.69) is 19.8 Å². The van der Waals surface area contributed by atoms with Crippen LogP contribution in [0.2, 0.25) is 5.15 Å². The molecule has 2 heterocycles. The number of rotatable bonds is 2. The lowest BCUT2D eigenvalue weighted by Gasteiger charge is -2.00. The SMILES string of the molecule is COC(=O)Cc1cc(Cl)n2ncnc2n1. The molecule has 15 heavy (non-hydrogen) atoms. The second-order valence-corrected chi connectivity index (χ2v) is 3.18.